The molecule has 0 spiro atoms. The number of halogens is 1. The van der Waals surface area contributed by atoms with Gasteiger partial charge in [-0.25, -0.2) is 4.39 Å². The van der Waals surface area contributed by atoms with Gasteiger partial charge in [0.05, 0.1) is 22.2 Å². The predicted molar refractivity (Wildman–Crippen MR) is 100 cm³/mol. The molecule has 158 valence electrons. The fourth-order valence-electron chi connectivity index (χ4n) is 4.26. The van der Waals surface area contributed by atoms with Gasteiger partial charge in [0.2, 0.25) is 11.8 Å². The number of carbonyl (C=O) groups excluding carboxylic acids is 4. The van der Waals surface area contributed by atoms with Crippen molar-refractivity contribution in [2.24, 2.45) is 5.41 Å². The van der Waals surface area contributed by atoms with E-state index in [0.29, 0.717) is 0 Å². The van der Waals surface area contributed by atoms with Crippen molar-refractivity contribution in [3.63, 3.8) is 0 Å². The van der Waals surface area contributed by atoms with Crippen molar-refractivity contribution in [3.8, 4) is 0 Å². The van der Waals surface area contributed by atoms with Crippen LogP contribution in [0.25, 0.3) is 0 Å². The van der Waals surface area contributed by atoms with Crippen LogP contribution < -0.4 is 10.2 Å². The number of fused-ring (bicyclic) bond motifs is 1. The molecule has 4 rings (SSSR count). The van der Waals surface area contributed by atoms with E-state index in [1.165, 1.54) is 6.07 Å². The molecule has 30 heavy (non-hydrogen) atoms. The van der Waals surface area contributed by atoms with Crippen LogP contribution in [0.4, 0.5) is 10.1 Å². The maximum absolute atomic E-state index is 14.8. The average molecular weight is 417 g/mol. The maximum Gasteiger partial charge on any atom is 0.309 e. The Kier molecular flexibility index (Phi) is 4.59. The second kappa shape index (κ2) is 6.89. The smallest absolute Gasteiger partial charge is 0.309 e. The number of carboxylic acid groups (broad SMARTS) is 1. The molecule has 1 unspecified atom stereocenters. The van der Waals surface area contributed by atoms with Crippen molar-refractivity contribution in [1.82, 2.24) is 10.2 Å². The number of amides is 4. The number of nitrogens with one attached hydrogen (secondary N) is 1. The van der Waals surface area contributed by atoms with Crippen LogP contribution in [0.2, 0.25) is 0 Å². The van der Waals surface area contributed by atoms with E-state index in [4.69, 9.17) is 0 Å². The summed E-state index contributed by atoms with van der Waals surface area (Å²) in [5.74, 6) is -4.34. The Labute approximate surface area is 170 Å². The molecule has 3 aliphatic rings. The molecule has 1 aromatic carbocycles. The van der Waals surface area contributed by atoms with Crippen LogP contribution in [0.1, 0.15) is 53.3 Å². The molecule has 1 atom stereocenters. The first kappa shape index (κ1) is 20.0. The van der Waals surface area contributed by atoms with Crippen LogP contribution in [-0.4, -0.2) is 58.7 Å². The molecule has 0 bridgehead atoms. The minimum Gasteiger partial charge on any atom is -0.481 e. The van der Waals surface area contributed by atoms with Crippen molar-refractivity contribution in [2.75, 3.05) is 18.0 Å². The van der Waals surface area contributed by atoms with Crippen LogP contribution in [0.5, 0.6) is 0 Å². The van der Waals surface area contributed by atoms with Crippen LogP contribution in [-0.2, 0) is 14.4 Å². The third-order valence-corrected chi connectivity index (χ3v) is 6.23. The van der Waals surface area contributed by atoms with Gasteiger partial charge in [-0.3, -0.25) is 34.2 Å². The number of anilines is 1. The molecule has 0 radical (unpaired) electrons. The number of hydrogen-bond donors (Lipinski definition) is 2. The Bertz CT molecular complexity index is 999. The van der Waals surface area contributed by atoms with Crippen LogP contribution in [0.3, 0.4) is 0 Å². The van der Waals surface area contributed by atoms with Crippen molar-refractivity contribution in [1.29, 1.82) is 0 Å². The standard InChI is InChI=1S/C20H20FN3O6/c1-20(19(29)30)6-8-23(9-7-20)15-11(21)3-2-10-14(15)18(28)24(17(10)27)12-4-5-13(25)22-16(12)26/h2-3,12H,4-9H2,1H3,(H,29,30)(H,22,25,26). The summed E-state index contributed by atoms with van der Waals surface area (Å²) in [6, 6.07) is 1.17. The lowest BCUT2D eigenvalue weighted by Gasteiger charge is -2.38. The molecule has 2 saturated heterocycles. The molecule has 0 saturated carbocycles. The minimum atomic E-state index is -1.14. The van der Waals surface area contributed by atoms with Gasteiger partial charge in [0.15, 0.2) is 0 Å². The summed E-state index contributed by atoms with van der Waals surface area (Å²) in [5, 5.41) is 11.5. The van der Waals surface area contributed by atoms with Crippen molar-refractivity contribution in [3.05, 3.63) is 29.1 Å². The van der Waals surface area contributed by atoms with Gasteiger partial charge in [-0.1, -0.05) is 0 Å². The van der Waals surface area contributed by atoms with Crippen molar-refractivity contribution >= 4 is 35.3 Å². The molecular formula is C20H20FN3O6. The monoisotopic (exact) mass is 417 g/mol. The summed E-state index contributed by atoms with van der Waals surface area (Å²) >= 11 is 0. The van der Waals surface area contributed by atoms with Gasteiger partial charge in [0.25, 0.3) is 11.8 Å². The number of carboxylic acids is 1. The Morgan fingerprint density at radius 2 is 1.83 bits per heavy atom. The third-order valence-electron chi connectivity index (χ3n) is 6.23. The molecule has 9 nitrogen and oxygen atoms in total. The number of nitrogens with zero attached hydrogens (tertiary/aromatic N) is 2. The summed E-state index contributed by atoms with van der Waals surface area (Å²) in [6.07, 6.45) is 0.508. The number of carbonyl (C=O) groups is 5. The van der Waals surface area contributed by atoms with Gasteiger partial charge in [-0.05, 0) is 38.3 Å². The molecule has 3 aliphatic heterocycles. The number of benzene rings is 1. The predicted octanol–water partition coefficient (Wildman–Crippen LogP) is 0.918. The zero-order valence-corrected chi connectivity index (χ0v) is 16.2. The third kappa shape index (κ3) is 2.94. The van der Waals surface area contributed by atoms with E-state index in [1.807, 2.05) is 0 Å². The maximum atomic E-state index is 14.8. The number of aliphatic carboxylic acids is 1. The topological polar surface area (TPSA) is 124 Å². The molecule has 10 heteroatoms. The van der Waals surface area contributed by atoms with E-state index < -0.39 is 46.9 Å². The Morgan fingerprint density at radius 1 is 1.17 bits per heavy atom. The Hall–Kier alpha value is -3.30. The SMILES string of the molecule is CC1(C(=O)O)CCN(c2c(F)ccc3c2C(=O)N(C2CCC(=O)NC2=O)C3=O)CC1. The zero-order chi connectivity index (χ0) is 21.8. The van der Waals surface area contributed by atoms with Crippen LogP contribution >= 0.6 is 0 Å². The summed E-state index contributed by atoms with van der Waals surface area (Å²) < 4.78 is 14.8. The van der Waals surface area contributed by atoms with E-state index in [-0.39, 0.29) is 55.6 Å². The second-order valence-corrected chi connectivity index (χ2v) is 8.12. The van der Waals surface area contributed by atoms with E-state index in [1.54, 1.807) is 11.8 Å². The first-order chi connectivity index (χ1) is 14.1. The highest BCUT2D eigenvalue weighted by molar-refractivity contribution is 6.25. The van der Waals surface area contributed by atoms with Gasteiger partial charge in [-0.15, -0.1) is 0 Å². The molecule has 2 fully saturated rings. The Balaban J connectivity index is 1.68. The average Bonchev–Trinajstić information content (AvgIpc) is 2.93. The molecular weight excluding hydrogens is 397 g/mol. The lowest BCUT2D eigenvalue weighted by molar-refractivity contribution is -0.149. The summed E-state index contributed by atoms with van der Waals surface area (Å²) in [4.78, 5) is 63.5. The minimum absolute atomic E-state index is 0.00679. The lowest BCUT2D eigenvalue weighted by atomic mass is 9.80. The first-order valence-corrected chi connectivity index (χ1v) is 9.66. The van der Waals surface area contributed by atoms with Gasteiger partial charge in [0, 0.05) is 19.5 Å². The number of rotatable bonds is 3. The second-order valence-electron chi connectivity index (χ2n) is 8.12. The van der Waals surface area contributed by atoms with Crippen LogP contribution in [0.15, 0.2) is 12.1 Å². The highest BCUT2D eigenvalue weighted by Gasteiger charge is 2.47. The molecule has 2 N–H and O–H groups in total. The number of hydrogen-bond acceptors (Lipinski definition) is 6. The Morgan fingerprint density at radius 3 is 2.43 bits per heavy atom. The van der Waals surface area contributed by atoms with E-state index in [9.17, 15) is 33.5 Å². The van der Waals surface area contributed by atoms with Gasteiger partial charge >= 0.3 is 5.97 Å². The molecule has 0 aromatic heterocycles. The number of imide groups is 2. The molecule has 1 aromatic rings. The first-order valence-electron chi connectivity index (χ1n) is 9.66. The normalized spacial score (nSPS) is 23.5. The summed E-state index contributed by atoms with van der Waals surface area (Å²) in [6.45, 7) is 2.03. The summed E-state index contributed by atoms with van der Waals surface area (Å²) in [5.41, 5.74) is -1.12. The molecule has 3 heterocycles. The fraction of sp³-hybridized carbons (Fsp3) is 0.450. The van der Waals surface area contributed by atoms with Crippen LogP contribution in [0, 0.1) is 11.2 Å². The summed E-state index contributed by atoms with van der Waals surface area (Å²) in [7, 11) is 0. The highest BCUT2D eigenvalue weighted by Crippen LogP contribution is 2.39. The van der Waals surface area contributed by atoms with E-state index >= 15 is 0 Å². The quantitative estimate of drug-likeness (QED) is 0.701. The van der Waals surface area contributed by atoms with Gasteiger partial charge in [0.1, 0.15) is 11.9 Å². The van der Waals surface area contributed by atoms with Gasteiger partial charge in [-0.2, -0.15) is 0 Å². The molecule has 0 aliphatic carbocycles. The number of piperidine rings is 2. The zero-order valence-electron chi connectivity index (χ0n) is 16.2. The van der Waals surface area contributed by atoms with Crippen molar-refractivity contribution in [2.45, 2.75) is 38.6 Å². The lowest BCUT2D eigenvalue weighted by Crippen LogP contribution is -2.54. The fourth-order valence-corrected chi connectivity index (χ4v) is 4.26. The van der Waals surface area contributed by atoms with Gasteiger partial charge < -0.3 is 10.0 Å². The highest BCUT2D eigenvalue weighted by atomic mass is 19.1. The van der Waals surface area contributed by atoms with Crippen molar-refractivity contribution < 1.29 is 33.5 Å². The van der Waals surface area contributed by atoms with E-state index in [0.717, 1.165) is 11.0 Å². The largest absolute Gasteiger partial charge is 0.481 e. The van der Waals surface area contributed by atoms with E-state index in [2.05, 4.69) is 5.32 Å². The molecule has 4 amide bonds.